The fourth-order valence-electron chi connectivity index (χ4n) is 2.77. The molecule has 0 atom stereocenters. The highest BCUT2D eigenvalue weighted by molar-refractivity contribution is 6.03. The quantitative estimate of drug-likeness (QED) is 0.728. The van der Waals surface area contributed by atoms with Gasteiger partial charge in [-0.25, -0.2) is 4.68 Å². The third-order valence-electron chi connectivity index (χ3n) is 3.89. The van der Waals surface area contributed by atoms with E-state index in [1.807, 2.05) is 75.4 Å². The average Bonchev–Trinajstić information content (AvgIpc) is 3.09. The summed E-state index contributed by atoms with van der Waals surface area (Å²) in [6, 6.07) is 16.9. The molecule has 6 heteroatoms. The summed E-state index contributed by atoms with van der Waals surface area (Å²) in [6.45, 7) is 6.50. The van der Waals surface area contributed by atoms with Crippen molar-refractivity contribution in [1.29, 1.82) is 0 Å². The van der Waals surface area contributed by atoms with Crippen LogP contribution in [0.4, 0.5) is 5.69 Å². The molecule has 0 spiro atoms. The minimum Gasteiger partial charge on any atom is -0.492 e. The Hall–Kier alpha value is -3.15. The first-order chi connectivity index (χ1) is 12.6. The number of carbonyl (C=O) groups excluding carboxylic acids is 1. The van der Waals surface area contributed by atoms with E-state index in [1.54, 1.807) is 4.68 Å². The topological polar surface area (TPSA) is 69.0 Å². The first-order valence-electron chi connectivity index (χ1n) is 8.66. The van der Waals surface area contributed by atoms with E-state index in [0.29, 0.717) is 18.1 Å². The normalized spacial score (nSPS) is 10.8. The zero-order chi connectivity index (χ0) is 18.5. The van der Waals surface area contributed by atoms with Crippen molar-refractivity contribution in [3.63, 3.8) is 0 Å². The van der Waals surface area contributed by atoms with Gasteiger partial charge in [0.05, 0.1) is 12.3 Å². The number of carbonyl (C=O) groups is 1. The van der Waals surface area contributed by atoms with Crippen molar-refractivity contribution in [1.82, 2.24) is 15.0 Å². The summed E-state index contributed by atoms with van der Waals surface area (Å²) < 4.78 is 7.39. The number of amides is 1. The van der Waals surface area contributed by atoms with Crippen LogP contribution < -0.4 is 10.1 Å². The van der Waals surface area contributed by atoms with E-state index in [-0.39, 0.29) is 11.8 Å². The lowest BCUT2D eigenvalue weighted by molar-refractivity contribution is 0.102. The fourth-order valence-corrected chi connectivity index (χ4v) is 2.77. The number of hydrogen-bond donors (Lipinski definition) is 1. The van der Waals surface area contributed by atoms with Crippen LogP contribution >= 0.6 is 0 Å². The SMILES string of the molecule is CCOc1ccccc1-n1nnc(C(=O)Nc2ccccc2)c1C(C)C. The number of rotatable bonds is 6. The minimum atomic E-state index is -0.278. The van der Waals surface area contributed by atoms with E-state index in [1.165, 1.54) is 0 Å². The second-order valence-corrected chi connectivity index (χ2v) is 6.11. The van der Waals surface area contributed by atoms with Gasteiger partial charge in [0.2, 0.25) is 0 Å². The number of nitrogens with zero attached hydrogens (tertiary/aromatic N) is 3. The van der Waals surface area contributed by atoms with Gasteiger partial charge in [0.1, 0.15) is 11.4 Å². The Labute approximate surface area is 152 Å². The third kappa shape index (κ3) is 3.59. The molecule has 1 heterocycles. The van der Waals surface area contributed by atoms with Crippen molar-refractivity contribution in [2.24, 2.45) is 0 Å². The summed E-state index contributed by atoms with van der Waals surface area (Å²) in [5.74, 6) is 0.480. The number of ether oxygens (including phenoxy) is 1. The van der Waals surface area contributed by atoms with Gasteiger partial charge in [-0.05, 0) is 37.1 Å². The number of benzene rings is 2. The highest BCUT2D eigenvalue weighted by Gasteiger charge is 2.24. The molecule has 1 amide bonds. The molecule has 3 aromatic rings. The molecular weight excluding hydrogens is 328 g/mol. The Kier molecular flexibility index (Phi) is 5.31. The van der Waals surface area contributed by atoms with Crippen LogP contribution in [0.15, 0.2) is 54.6 Å². The first kappa shape index (κ1) is 17.7. The molecule has 2 aromatic carbocycles. The van der Waals surface area contributed by atoms with E-state index in [2.05, 4.69) is 15.6 Å². The summed E-state index contributed by atoms with van der Waals surface area (Å²) in [4.78, 5) is 12.7. The van der Waals surface area contributed by atoms with Gasteiger partial charge in [-0.15, -0.1) is 5.10 Å². The first-order valence-corrected chi connectivity index (χ1v) is 8.66. The Bertz CT molecular complexity index is 888. The molecule has 0 saturated carbocycles. The second kappa shape index (κ2) is 7.82. The van der Waals surface area contributed by atoms with E-state index in [9.17, 15) is 4.79 Å². The fraction of sp³-hybridized carbons (Fsp3) is 0.250. The molecule has 0 radical (unpaired) electrons. The molecule has 0 fully saturated rings. The zero-order valence-electron chi connectivity index (χ0n) is 15.1. The van der Waals surface area contributed by atoms with Crippen LogP contribution in [0, 0.1) is 0 Å². The summed E-state index contributed by atoms with van der Waals surface area (Å²) in [7, 11) is 0. The van der Waals surface area contributed by atoms with E-state index < -0.39 is 0 Å². The average molecular weight is 350 g/mol. The smallest absolute Gasteiger partial charge is 0.278 e. The van der Waals surface area contributed by atoms with Gasteiger partial charge in [-0.1, -0.05) is 49.4 Å². The van der Waals surface area contributed by atoms with Crippen molar-refractivity contribution in [2.45, 2.75) is 26.7 Å². The molecule has 1 aromatic heterocycles. The molecule has 134 valence electrons. The summed E-state index contributed by atoms with van der Waals surface area (Å²) in [5.41, 5.74) is 2.54. The highest BCUT2D eigenvalue weighted by atomic mass is 16.5. The lowest BCUT2D eigenvalue weighted by Crippen LogP contribution is -2.16. The predicted octanol–water partition coefficient (Wildman–Crippen LogP) is 4.04. The molecule has 1 N–H and O–H groups in total. The Balaban J connectivity index is 2.01. The van der Waals surface area contributed by atoms with Crippen LogP contribution in [0.25, 0.3) is 5.69 Å². The molecule has 3 rings (SSSR count). The maximum atomic E-state index is 12.7. The molecule has 0 saturated heterocycles. The Morgan fingerprint density at radius 1 is 1.12 bits per heavy atom. The lowest BCUT2D eigenvalue weighted by atomic mass is 10.1. The highest BCUT2D eigenvalue weighted by Crippen LogP contribution is 2.28. The summed E-state index contributed by atoms with van der Waals surface area (Å²) >= 11 is 0. The van der Waals surface area contributed by atoms with Gasteiger partial charge in [-0.3, -0.25) is 4.79 Å². The van der Waals surface area contributed by atoms with Crippen molar-refractivity contribution >= 4 is 11.6 Å². The molecule has 26 heavy (non-hydrogen) atoms. The lowest BCUT2D eigenvalue weighted by Gasteiger charge is -2.14. The minimum absolute atomic E-state index is 0.0520. The summed E-state index contributed by atoms with van der Waals surface area (Å²) in [5, 5.41) is 11.3. The molecule has 0 aliphatic heterocycles. The second-order valence-electron chi connectivity index (χ2n) is 6.11. The van der Waals surface area contributed by atoms with Gasteiger partial charge in [-0.2, -0.15) is 0 Å². The molecule has 0 unspecified atom stereocenters. The molecule has 0 aliphatic carbocycles. The van der Waals surface area contributed by atoms with Crippen LogP contribution in [-0.2, 0) is 0 Å². The van der Waals surface area contributed by atoms with Crippen LogP contribution in [0.3, 0.4) is 0 Å². The van der Waals surface area contributed by atoms with Gasteiger partial charge in [0.15, 0.2) is 5.69 Å². The van der Waals surface area contributed by atoms with Crippen LogP contribution in [0.5, 0.6) is 5.75 Å². The number of hydrogen-bond acceptors (Lipinski definition) is 4. The largest absolute Gasteiger partial charge is 0.492 e. The van der Waals surface area contributed by atoms with Gasteiger partial charge in [0.25, 0.3) is 5.91 Å². The molecule has 6 nitrogen and oxygen atoms in total. The number of nitrogens with one attached hydrogen (secondary N) is 1. The van der Waals surface area contributed by atoms with Crippen molar-refractivity contribution in [3.05, 3.63) is 66.0 Å². The van der Waals surface area contributed by atoms with E-state index >= 15 is 0 Å². The zero-order valence-corrected chi connectivity index (χ0v) is 15.1. The van der Waals surface area contributed by atoms with Crippen molar-refractivity contribution in [2.75, 3.05) is 11.9 Å². The number of aromatic nitrogens is 3. The van der Waals surface area contributed by atoms with E-state index in [0.717, 1.165) is 17.1 Å². The monoisotopic (exact) mass is 350 g/mol. The number of para-hydroxylation sites is 3. The third-order valence-corrected chi connectivity index (χ3v) is 3.89. The maximum absolute atomic E-state index is 12.7. The maximum Gasteiger partial charge on any atom is 0.278 e. The van der Waals surface area contributed by atoms with Crippen LogP contribution in [-0.4, -0.2) is 27.5 Å². The van der Waals surface area contributed by atoms with E-state index in [4.69, 9.17) is 4.74 Å². The van der Waals surface area contributed by atoms with Crippen molar-refractivity contribution < 1.29 is 9.53 Å². The Morgan fingerprint density at radius 3 is 2.50 bits per heavy atom. The molecule has 0 aliphatic rings. The van der Waals surface area contributed by atoms with Gasteiger partial charge in [0, 0.05) is 5.69 Å². The van der Waals surface area contributed by atoms with Crippen molar-refractivity contribution in [3.8, 4) is 11.4 Å². The number of anilines is 1. The molecular formula is C20H22N4O2. The van der Waals surface area contributed by atoms with Crippen LogP contribution in [0.1, 0.15) is 42.9 Å². The van der Waals surface area contributed by atoms with Gasteiger partial charge >= 0.3 is 0 Å². The standard InChI is InChI=1S/C20H22N4O2/c1-4-26-17-13-9-8-12-16(17)24-19(14(2)3)18(22-23-24)20(25)21-15-10-6-5-7-11-15/h5-14H,4H2,1-3H3,(H,21,25). The van der Waals surface area contributed by atoms with Crippen LogP contribution in [0.2, 0.25) is 0 Å². The Morgan fingerprint density at radius 2 is 1.81 bits per heavy atom. The molecule has 0 bridgehead atoms. The predicted molar refractivity (Wildman–Crippen MR) is 101 cm³/mol. The van der Waals surface area contributed by atoms with Gasteiger partial charge < -0.3 is 10.1 Å². The summed E-state index contributed by atoms with van der Waals surface area (Å²) in [6.07, 6.45) is 0.